The number of alkyl halides is 3. The van der Waals surface area contributed by atoms with E-state index >= 15 is 0 Å². The molecule has 1 amide bonds. The van der Waals surface area contributed by atoms with E-state index < -0.39 is 11.7 Å². The summed E-state index contributed by atoms with van der Waals surface area (Å²) in [7, 11) is 0. The van der Waals surface area contributed by atoms with Gasteiger partial charge in [0.05, 0.1) is 12.2 Å². The maximum Gasteiger partial charge on any atom is 0.406 e. The van der Waals surface area contributed by atoms with Gasteiger partial charge in [-0.25, -0.2) is 0 Å². The average Bonchev–Trinajstić information content (AvgIpc) is 3.64. The molecule has 7 nitrogen and oxygen atoms in total. The summed E-state index contributed by atoms with van der Waals surface area (Å²) in [5.41, 5.74) is -0.378. The number of hydrogen-bond donors (Lipinski definition) is 0. The summed E-state index contributed by atoms with van der Waals surface area (Å²) in [4.78, 5) is 18.2. The number of anilines is 1. The lowest BCUT2D eigenvalue weighted by molar-refractivity contribution is -0.200. The standard InChI is InChI=1S/C24H26ClF3N6O/c1-21(4-5-21)19(35)31-11-22(12-31)13-32(14-22)20-30-29-18-10-33(23(6-7-23)24(26,27)28)9-15-8-16(25)2-3-17(15)34(18)20/h2-3,8H,4-7,9-14H2,1H3. The normalized spacial score (nSPS) is 25.3. The predicted molar refractivity (Wildman–Crippen MR) is 122 cm³/mol. The summed E-state index contributed by atoms with van der Waals surface area (Å²) >= 11 is 6.25. The van der Waals surface area contributed by atoms with Crippen LogP contribution in [0, 0.1) is 10.8 Å². The maximum atomic E-state index is 14.0. The van der Waals surface area contributed by atoms with Crippen LogP contribution in [0.2, 0.25) is 5.02 Å². The monoisotopic (exact) mass is 506 g/mol. The van der Waals surface area contributed by atoms with Crippen molar-refractivity contribution in [2.75, 3.05) is 31.1 Å². The highest BCUT2D eigenvalue weighted by atomic mass is 35.5. The average molecular weight is 507 g/mol. The highest BCUT2D eigenvalue weighted by Gasteiger charge is 2.67. The Bertz CT molecular complexity index is 1240. The summed E-state index contributed by atoms with van der Waals surface area (Å²) < 4.78 is 43.9. The first-order chi connectivity index (χ1) is 16.5. The fourth-order valence-electron chi connectivity index (χ4n) is 6.19. The molecule has 4 fully saturated rings. The Hall–Kier alpha value is -2.33. The minimum absolute atomic E-state index is 0.0681. The Morgan fingerprint density at radius 3 is 2.37 bits per heavy atom. The number of hydrogen-bond acceptors (Lipinski definition) is 5. The molecular weight excluding hydrogens is 481 g/mol. The predicted octanol–water partition coefficient (Wildman–Crippen LogP) is 3.78. The van der Waals surface area contributed by atoms with E-state index in [4.69, 9.17) is 11.6 Å². The van der Waals surface area contributed by atoms with Gasteiger partial charge in [-0.05, 0) is 49.4 Å². The smallest absolute Gasteiger partial charge is 0.341 e. The molecule has 7 rings (SSSR count). The topological polar surface area (TPSA) is 57.5 Å². The molecule has 1 spiro atoms. The SMILES string of the molecule is CC1(C(=O)N2CC3(C2)CN(c2nnc4n2-c2ccc(Cl)cc2CN(C2(C(F)(F)F)CC2)C4)C3)CC1. The number of nitrogens with zero attached hydrogens (tertiary/aromatic N) is 6. The summed E-state index contributed by atoms with van der Waals surface area (Å²) in [5.74, 6) is 1.42. The van der Waals surface area contributed by atoms with Crippen LogP contribution in [0.5, 0.6) is 0 Å². The second kappa shape index (κ2) is 6.70. The van der Waals surface area contributed by atoms with Crippen LogP contribution in [-0.4, -0.2) is 68.4 Å². The van der Waals surface area contributed by atoms with Crippen LogP contribution in [0.1, 0.15) is 44.0 Å². The van der Waals surface area contributed by atoms with Crippen molar-refractivity contribution < 1.29 is 18.0 Å². The summed E-state index contributed by atoms with van der Waals surface area (Å²) in [6.07, 6.45) is -2.17. The molecule has 0 radical (unpaired) electrons. The molecule has 2 saturated carbocycles. The molecule has 2 aliphatic carbocycles. The van der Waals surface area contributed by atoms with Crippen molar-refractivity contribution in [3.63, 3.8) is 0 Å². The zero-order valence-electron chi connectivity index (χ0n) is 19.4. The third-order valence-corrected chi connectivity index (χ3v) is 8.97. The van der Waals surface area contributed by atoms with E-state index in [9.17, 15) is 18.0 Å². The first kappa shape index (κ1) is 21.9. The lowest BCUT2D eigenvalue weighted by atomic mass is 9.72. The van der Waals surface area contributed by atoms with Gasteiger partial charge in [-0.15, -0.1) is 10.2 Å². The lowest BCUT2D eigenvalue weighted by Crippen LogP contribution is -2.73. The van der Waals surface area contributed by atoms with Crippen molar-refractivity contribution in [2.45, 2.75) is 57.4 Å². The molecule has 2 aromatic rings. The molecule has 11 heteroatoms. The molecule has 1 aromatic carbocycles. The van der Waals surface area contributed by atoms with Crippen molar-refractivity contribution >= 4 is 23.5 Å². The second-order valence-corrected chi connectivity index (χ2v) is 11.9. The molecule has 1 aromatic heterocycles. The van der Waals surface area contributed by atoms with Crippen LogP contribution < -0.4 is 4.90 Å². The largest absolute Gasteiger partial charge is 0.406 e. The Labute approximate surface area is 205 Å². The van der Waals surface area contributed by atoms with Crippen molar-refractivity contribution in [3.05, 3.63) is 34.6 Å². The third kappa shape index (κ3) is 3.11. The van der Waals surface area contributed by atoms with E-state index in [0.717, 1.165) is 50.3 Å². The van der Waals surface area contributed by atoms with Crippen LogP contribution in [0.4, 0.5) is 19.1 Å². The molecule has 0 N–H and O–H groups in total. The van der Waals surface area contributed by atoms with Crippen molar-refractivity contribution in [1.82, 2.24) is 24.6 Å². The van der Waals surface area contributed by atoms with Gasteiger partial charge in [0.2, 0.25) is 11.9 Å². The number of rotatable bonds is 3. The quantitative estimate of drug-likeness (QED) is 0.634. The highest BCUT2D eigenvalue weighted by Crippen LogP contribution is 2.55. The molecule has 4 heterocycles. The van der Waals surface area contributed by atoms with Crippen LogP contribution in [0.15, 0.2) is 18.2 Å². The number of benzene rings is 1. The van der Waals surface area contributed by atoms with Gasteiger partial charge >= 0.3 is 6.18 Å². The second-order valence-electron chi connectivity index (χ2n) is 11.5. The Kier molecular flexibility index (Phi) is 4.20. The number of halogens is 4. The zero-order chi connectivity index (χ0) is 24.4. The van der Waals surface area contributed by atoms with Gasteiger partial charge in [0.15, 0.2) is 5.82 Å². The molecule has 3 aliphatic heterocycles. The van der Waals surface area contributed by atoms with Gasteiger partial charge in [0, 0.05) is 48.6 Å². The number of fused-ring (bicyclic) bond motifs is 3. The minimum atomic E-state index is -4.31. The molecular formula is C24H26ClF3N6O. The van der Waals surface area contributed by atoms with E-state index in [2.05, 4.69) is 15.1 Å². The molecule has 0 unspecified atom stereocenters. The van der Waals surface area contributed by atoms with Gasteiger partial charge in [-0.1, -0.05) is 18.5 Å². The molecule has 2 saturated heterocycles. The molecule has 186 valence electrons. The fourth-order valence-corrected chi connectivity index (χ4v) is 6.38. The van der Waals surface area contributed by atoms with Crippen molar-refractivity contribution in [1.29, 1.82) is 0 Å². The van der Waals surface area contributed by atoms with Crippen molar-refractivity contribution in [2.24, 2.45) is 10.8 Å². The van der Waals surface area contributed by atoms with Gasteiger partial charge in [-0.2, -0.15) is 13.2 Å². The summed E-state index contributed by atoms with van der Waals surface area (Å²) in [5, 5.41) is 9.27. The maximum absolute atomic E-state index is 14.0. The lowest BCUT2D eigenvalue weighted by Gasteiger charge is -2.60. The number of amides is 1. The van der Waals surface area contributed by atoms with E-state index in [0.29, 0.717) is 16.8 Å². The fraction of sp³-hybridized carbons (Fsp3) is 0.625. The Morgan fingerprint density at radius 2 is 1.74 bits per heavy atom. The van der Waals surface area contributed by atoms with Gasteiger partial charge in [0.1, 0.15) is 5.54 Å². The van der Waals surface area contributed by atoms with Crippen LogP contribution in [0.25, 0.3) is 5.69 Å². The minimum Gasteiger partial charge on any atom is -0.341 e. The van der Waals surface area contributed by atoms with E-state index in [-0.39, 0.29) is 42.7 Å². The molecule has 35 heavy (non-hydrogen) atoms. The van der Waals surface area contributed by atoms with Gasteiger partial charge in [0.25, 0.3) is 0 Å². The number of aromatic nitrogens is 3. The first-order valence-corrected chi connectivity index (χ1v) is 12.5. The first-order valence-electron chi connectivity index (χ1n) is 12.1. The van der Waals surface area contributed by atoms with Crippen LogP contribution >= 0.6 is 11.6 Å². The zero-order valence-corrected chi connectivity index (χ0v) is 20.2. The summed E-state index contributed by atoms with van der Waals surface area (Å²) in [6, 6.07) is 5.35. The Morgan fingerprint density at radius 1 is 1.03 bits per heavy atom. The van der Waals surface area contributed by atoms with E-state index in [1.165, 1.54) is 4.90 Å². The Balaban J connectivity index is 1.17. The van der Waals surface area contributed by atoms with Gasteiger partial charge in [-0.3, -0.25) is 14.3 Å². The van der Waals surface area contributed by atoms with E-state index in [1.54, 1.807) is 12.1 Å². The van der Waals surface area contributed by atoms with Crippen LogP contribution in [-0.2, 0) is 17.9 Å². The molecule has 0 bridgehead atoms. The number of likely N-dealkylation sites (tertiary alicyclic amines) is 1. The number of carbonyl (C=O) groups excluding carboxylic acids is 1. The van der Waals surface area contributed by atoms with Crippen LogP contribution in [0.3, 0.4) is 0 Å². The summed E-state index contributed by atoms with van der Waals surface area (Å²) in [6.45, 7) is 5.28. The molecule has 0 atom stereocenters. The molecule has 5 aliphatic rings. The number of carbonyl (C=O) groups is 1. The van der Waals surface area contributed by atoms with Crippen molar-refractivity contribution in [3.8, 4) is 5.69 Å². The van der Waals surface area contributed by atoms with Gasteiger partial charge < -0.3 is 9.80 Å². The van der Waals surface area contributed by atoms with E-state index in [1.807, 2.05) is 22.5 Å². The third-order valence-electron chi connectivity index (χ3n) is 8.74. The highest BCUT2D eigenvalue weighted by molar-refractivity contribution is 6.30.